The molecule has 3 atom stereocenters. The van der Waals surface area contributed by atoms with E-state index in [2.05, 4.69) is 50.3 Å². The van der Waals surface area contributed by atoms with Crippen LogP contribution in [-0.2, 0) is 32.7 Å². The van der Waals surface area contributed by atoms with Crippen LogP contribution < -0.4 is 5.73 Å². The van der Waals surface area contributed by atoms with Crippen LogP contribution in [0.4, 0.5) is 0 Å². The van der Waals surface area contributed by atoms with Crippen molar-refractivity contribution in [1.82, 2.24) is 0 Å². The fourth-order valence-corrected chi connectivity index (χ4v) is 6.18. The van der Waals surface area contributed by atoms with Crippen LogP contribution in [0.15, 0.2) is 72.9 Å². The smallest absolute Gasteiger partial charge is 0.462 e. The van der Waals surface area contributed by atoms with Gasteiger partial charge in [0.1, 0.15) is 6.61 Å². The Labute approximate surface area is 340 Å². The number of hydrogen-bond acceptors (Lipinski definition) is 9. The molecule has 10 nitrogen and oxygen atoms in total. The second kappa shape index (κ2) is 40.6. The second-order valence-electron chi connectivity index (χ2n) is 14.1. The highest BCUT2D eigenvalue weighted by Gasteiger charge is 2.25. The van der Waals surface area contributed by atoms with E-state index in [9.17, 15) is 24.2 Å². The van der Waals surface area contributed by atoms with Crippen LogP contribution in [-0.4, -0.2) is 60.5 Å². The molecule has 0 aliphatic carbocycles. The molecule has 11 heteroatoms. The van der Waals surface area contributed by atoms with E-state index in [-0.39, 0.29) is 38.7 Å². The van der Waals surface area contributed by atoms with Gasteiger partial charge in [0.05, 0.1) is 19.3 Å². The second-order valence-corrected chi connectivity index (χ2v) is 15.5. The lowest BCUT2D eigenvalue weighted by Crippen LogP contribution is -2.29. The third kappa shape index (κ3) is 39.6. The lowest BCUT2D eigenvalue weighted by atomic mass is 10.1. The number of ether oxygens (including phenoxy) is 2. The first-order valence-electron chi connectivity index (χ1n) is 21.5. The Kier molecular flexibility index (Phi) is 38.7. The number of nitrogens with two attached hydrogens (primary N) is 1. The number of aliphatic hydroxyl groups is 1. The standard InChI is InChI=1S/C45H78NO9P/c1-3-5-7-8-9-10-11-12-13-14-15-16-19-22-25-28-32-36-44(48)52-40-43(41-54-56(50,51)53-39-38-46)55-45(49)37-33-29-26-23-20-17-18-21-24-27-31-35-42(47)34-30-6-4-2/h9-10,12-13,17-18,23-24,26-27,31,35,42-43,47H,3-8,11,14-16,19-22,25,28-30,32-34,36-41,46H2,1-2H3,(H,50,51)/b10-9-,13-12-,18-17-,26-23-,27-24-,35-31+/t42-,43+/m0/s1. The summed E-state index contributed by atoms with van der Waals surface area (Å²) in [6.45, 7) is 3.48. The van der Waals surface area contributed by atoms with Crippen LogP contribution in [0.5, 0.6) is 0 Å². The van der Waals surface area contributed by atoms with Gasteiger partial charge < -0.3 is 25.2 Å². The highest BCUT2D eigenvalue weighted by molar-refractivity contribution is 7.47. The van der Waals surface area contributed by atoms with Gasteiger partial charge in [-0.3, -0.25) is 18.6 Å². The molecule has 322 valence electrons. The largest absolute Gasteiger partial charge is 0.472 e. The molecule has 0 radical (unpaired) electrons. The van der Waals surface area contributed by atoms with Crippen molar-refractivity contribution in [3.63, 3.8) is 0 Å². The van der Waals surface area contributed by atoms with E-state index in [0.717, 1.165) is 70.6 Å². The molecular weight excluding hydrogens is 729 g/mol. The predicted molar refractivity (Wildman–Crippen MR) is 230 cm³/mol. The van der Waals surface area contributed by atoms with Crippen LogP contribution in [0.3, 0.4) is 0 Å². The van der Waals surface area contributed by atoms with E-state index in [4.69, 9.17) is 24.3 Å². The van der Waals surface area contributed by atoms with Gasteiger partial charge in [-0.1, -0.05) is 151 Å². The molecule has 56 heavy (non-hydrogen) atoms. The van der Waals surface area contributed by atoms with Crippen molar-refractivity contribution in [2.24, 2.45) is 5.73 Å². The first-order valence-corrected chi connectivity index (χ1v) is 23.0. The predicted octanol–water partition coefficient (Wildman–Crippen LogP) is 11.2. The zero-order valence-electron chi connectivity index (χ0n) is 35.0. The maximum absolute atomic E-state index is 12.6. The molecule has 1 unspecified atom stereocenters. The average Bonchev–Trinajstić information content (AvgIpc) is 3.18. The number of carbonyl (C=O) groups is 2. The van der Waals surface area contributed by atoms with Crippen molar-refractivity contribution in [2.45, 2.75) is 174 Å². The maximum Gasteiger partial charge on any atom is 0.472 e. The van der Waals surface area contributed by atoms with Crippen LogP contribution >= 0.6 is 7.82 Å². The number of phosphoric acid groups is 1. The van der Waals surface area contributed by atoms with E-state index >= 15 is 0 Å². The summed E-state index contributed by atoms with van der Waals surface area (Å²) in [4.78, 5) is 34.8. The fraction of sp³-hybridized carbons (Fsp3) is 0.689. The third-order valence-electron chi connectivity index (χ3n) is 8.67. The molecule has 0 rings (SSSR count). The Morgan fingerprint density at radius 3 is 1.80 bits per heavy atom. The van der Waals surface area contributed by atoms with Gasteiger partial charge >= 0.3 is 19.8 Å². The molecule has 0 aromatic rings. The summed E-state index contributed by atoms with van der Waals surface area (Å²) in [5.74, 6) is -0.936. The summed E-state index contributed by atoms with van der Waals surface area (Å²) in [6, 6.07) is 0. The minimum absolute atomic E-state index is 0.0325. The van der Waals surface area contributed by atoms with Crippen LogP contribution in [0.1, 0.15) is 162 Å². The monoisotopic (exact) mass is 808 g/mol. The number of aliphatic hydroxyl groups excluding tert-OH is 1. The van der Waals surface area contributed by atoms with E-state index in [0.29, 0.717) is 19.3 Å². The molecule has 0 saturated carbocycles. The van der Waals surface area contributed by atoms with Gasteiger partial charge in [0, 0.05) is 19.4 Å². The summed E-state index contributed by atoms with van der Waals surface area (Å²) in [5.41, 5.74) is 5.34. The number of carbonyl (C=O) groups excluding carboxylic acids is 2. The van der Waals surface area contributed by atoms with Crippen LogP contribution in [0.25, 0.3) is 0 Å². The lowest BCUT2D eigenvalue weighted by Gasteiger charge is -2.19. The quantitative estimate of drug-likeness (QED) is 0.0180. The van der Waals surface area contributed by atoms with Crippen molar-refractivity contribution in [3.8, 4) is 0 Å². The molecule has 0 spiro atoms. The zero-order valence-corrected chi connectivity index (χ0v) is 35.8. The number of allylic oxidation sites excluding steroid dienone is 11. The van der Waals surface area contributed by atoms with Crippen molar-refractivity contribution >= 4 is 19.8 Å². The van der Waals surface area contributed by atoms with Crippen molar-refractivity contribution < 1.29 is 42.7 Å². The van der Waals surface area contributed by atoms with E-state index in [1.165, 1.54) is 44.9 Å². The average molecular weight is 808 g/mol. The molecule has 0 aliphatic rings. The molecule has 0 amide bonds. The minimum atomic E-state index is -4.41. The Morgan fingerprint density at radius 2 is 1.16 bits per heavy atom. The summed E-state index contributed by atoms with van der Waals surface area (Å²) < 4.78 is 32.7. The lowest BCUT2D eigenvalue weighted by molar-refractivity contribution is -0.161. The Bertz CT molecular complexity index is 1160. The Balaban J connectivity index is 4.32. The summed E-state index contributed by atoms with van der Waals surface area (Å²) >= 11 is 0. The van der Waals surface area contributed by atoms with Crippen molar-refractivity contribution in [2.75, 3.05) is 26.4 Å². The zero-order chi connectivity index (χ0) is 41.2. The number of rotatable bonds is 39. The molecule has 0 fully saturated rings. The first-order chi connectivity index (χ1) is 27.2. The molecule has 0 saturated heterocycles. The molecule has 0 heterocycles. The van der Waals surface area contributed by atoms with Gasteiger partial charge in [0.25, 0.3) is 0 Å². The normalized spacial score (nSPS) is 14.6. The van der Waals surface area contributed by atoms with E-state index < -0.39 is 32.5 Å². The molecule has 0 aliphatic heterocycles. The topological polar surface area (TPSA) is 155 Å². The molecule has 0 aromatic heterocycles. The van der Waals surface area contributed by atoms with Crippen LogP contribution in [0.2, 0.25) is 0 Å². The summed E-state index contributed by atoms with van der Waals surface area (Å²) in [6.07, 6.45) is 45.4. The van der Waals surface area contributed by atoms with Gasteiger partial charge in [0.2, 0.25) is 0 Å². The number of phosphoric ester groups is 1. The first kappa shape index (κ1) is 53.4. The number of hydrogen-bond donors (Lipinski definition) is 3. The molecule has 0 aromatic carbocycles. The summed E-state index contributed by atoms with van der Waals surface area (Å²) in [5, 5.41) is 9.89. The minimum Gasteiger partial charge on any atom is -0.462 e. The highest BCUT2D eigenvalue weighted by atomic mass is 31.2. The molecule has 4 N–H and O–H groups in total. The highest BCUT2D eigenvalue weighted by Crippen LogP contribution is 2.43. The summed E-state index contributed by atoms with van der Waals surface area (Å²) in [7, 11) is -4.41. The van der Waals surface area contributed by atoms with Gasteiger partial charge in [-0.15, -0.1) is 0 Å². The number of esters is 2. The van der Waals surface area contributed by atoms with Gasteiger partial charge in [-0.05, 0) is 70.6 Å². The van der Waals surface area contributed by atoms with E-state index in [1.54, 1.807) is 0 Å². The van der Waals surface area contributed by atoms with Crippen molar-refractivity contribution in [1.29, 1.82) is 0 Å². The number of unbranched alkanes of at least 4 members (excludes halogenated alkanes) is 13. The third-order valence-corrected chi connectivity index (χ3v) is 9.65. The molecule has 0 bridgehead atoms. The Hall–Kier alpha value is -2.59. The Morgan fingerprint density at radius 1 is 0.625 bits per heavy atom. The molecular formula is C45H78NO9P. The van der Waals surface area contributed by atoms with Crippen molar-refractivity contribution in [3.05, 3.63) is 72.9 Å². The van der Waals surface area contributed by atoms with Crippen LogP contribution in [0, 0.1) is 0 Å². The van der Waals surface area contributed by atoms with Gasteiger partial charge in [0.15, 0.2) is 6.10 Å². The SMILES string of the molecule is CCCCC/C=C\C/C=C\CCCCCCCCCC(=O)OC[C@H](COP(=O)(O)OCCN)OC(=O)CCC/C=C\C/C=C\C/C=C\C=C\[C@@H](O)CCCCC. The maximum atomic E-state index is 12.6. The van der Waals surface area contributed by atoms with Gasteiger partial charge in [-0.2, -0.15) is 0 Å². The fourth-order valence-electron chi connectivity index (χ4n) is 5.41. The van der Waals surface area contributed by atoms with Gasteiger partial charge in [-0.25, -0.2) is 4.57 Å². The van der Waals surface area contributed by atoms with E-state index in [1.807, 2.05) is 36.5 Å².